The van der Waals surface area contributed by atoms with Crippen molar-refractivity contribution in [3.63, 3.8) is 0 Å². The summed E-state index contributed by atoms with van der Waals surface area (Å²) in [7, 11) is 1.71. The minimum absolute atomic E-state index is 0. The lowest BCUT2D eigenvalue weighted by atomic mass is 10.1. The van der Waals surface area contributed by atoms with Crippen LogP contribution in [0.15, 0.2) is 41.5 Å². The summed E-state index contributed by atoms with van der Waals surface area (Å²) < 4.78 is 26.9. The van der Waals surface area contributed by atoms with E-state index in [0.29, 0.717) is 30.5 Å². The third-order valence-corrected chi connectivity index (χ3v) is 4.97. The molecule has 0 spiro atoms. The molecule has 0 unspecified atom stereocenters. The summed E-state index contributed by atoms with van der Waals surface area (Å²) in [6, 6.07) is 8.00. The Bertz CT molecular complexity index is 805. The molecule has 1 aliphatic rings. The van der Waals surface area contributed by atoms with Crippen LogP contribution in [0.5, 0.6) is 0 Å². The molecule has 1 fully saturated rings. The summed E-state index contributed by atoms with van der Waals surface area (Å²) in [4.78, 5) is 11.0. The molecule has 158 valence electrons. The van der Waals surface area contributed by atoms with Gasteiger partial charge in [0.05, 0.1) is 0 Å². The van der Waals surface area contributed by atoms with E-state index in [1.807, 2.05) is 13.1 Å². The maximum Gasteiger partial charge on any atom is 0.191 e. The Balaban J connectivity index is 0.00000300. The molecule has 1 aliphatic heterocycles. The number of anilines is 1. The molecule has 0 saturated carbocycles. The van der Waals surface area contributed by atoms with E-state index in [0.717, 1.165) is 49.4 Å². The normalized spacial score (nSPS) is 15.0. The number of aliphatic imine (C=N–C) groups is 1. The fourth-order valence-electron chi connectivity index (χ4n) is 3.34. The van der Waals surface area contributed by atoms with Crippen molar-refractivity contribution in [3.05, 3.63) is 59.3 Å². The predicted molar refractivity (Wildman–Crippen MR) is 124 cm³/mol. The molecule has 1 aromatic carbocycles. The van der Waals surface area contributed by atoms with Crippen LogP contribution in [-0.2, 0) is 6.42 Å². The number of guanidine groups is 1. The molecule has 0 amide bonds. The SMILES string of the molecule is CN=C(NCCc1cc(F)ccc1F)NC1CCN(c2ccc(C)cn2)CC1.I. The first-order valence-corrected chi connectivity index (χ1v) is 9.64. The molecule has 0 radical (unpaired) electrons. The largest absolute Gasteiger partial charge is 0.356 e. The first-order chi connectivity index (χ1) is 13.5. The molecule has 8 heteroatoms. The first kappa shape index (κ1) is 23.3. The van der Waals surface area contributed by atoms with E-state index in [1.165, 1.54) is 6.07 Å². The maximum absolute atomic E-state index is 13.7. The molecule has 1 aromatic heterocycles. The topological polar surface area (TPSA) is 52.6 Å². The number of nitrogens with one attached hydrogen (secondary N) is 2. The van der Waals surface area contributed by atoms with E-state index in [1.54, 1.807) is 7.05 Å². The second-order valence-corrected chi connectivity index (χ2v) is 7.08. The first-order valence-electron chi connectivity index (χ1n) is 9.64. The van der Waals surface area contributed by atoms with Gasteiger partial charge in [-0.1, -0.05) is 6.07 Å². The summed E-state index contributed by atoms with van der Waals surface area (Å²) >= 11 is 0. The summed E-state index contributed by atoms with van der Waals surface area (Å²) in [5.41, 5.74) is 1.52. The number of hydrogen-bond acceptors (Lipinski definition) is 3. The average Bonchev–Trinajstić information content (AvgIpc) is 2.71. The molecule has 0 bridgehead atoms. The van der Waals surface area contributed by atoms with Crippen LogP contribution in [0.2, 0.25) is 0 Å². The Labute approximate surface area is 188 Å². The highest BCUT2D eigenvalue weighted by Crippen LogP contribution is 2.18. The molecular weight excluding hydrogens is 487 g/mol. The number of aryl methyl sites for hydroxylation is 1. The van der Waals surface area contributed by atoms with Gasteiger partial charge in [0.15, 0.2) is 5.96 Å². The van der Waals surface area contributed by atoms with Crippen LogP contribution < -0.4 is 15.5 Å². The smallest absolute Gasteiger partial charge is 0.191 e. The zero-order valence-corrected chi connectivity index (χ0v) is 19.1. The van der Waals surface area contributed by atoms with E-state index in [-0.39, 0.29) is 29.8 Å². The van der Waals surface area contributed by atoms with Crippen molar-refractivity contribution in [1.82, 2.24) is 15.6 Å². The number of rotatable bonds is 5. The average molecular weight is 515 g/mol. The Kier molecular flexibility index (Phi) is 9.06. The minimum atomic E-state index is -0.422. The number of piperidine rings is 1. The molecule has 2 aromatic rings. The van der Waals surface area contributed by atoms with Crippen molar-refractivity contribution in [3.8, 4) is 0 Å². The Morgan fingerprint density at radius 1 is 1.21 bits per heavy atom. The van der Waals surface area contributed by atoms with Crippen LogP contribution in [0.3, 0.4) is 0 Å². The second kappa shape index (κ2) is 11.3. The van der Waals surface area contributed by atoms with Gasteiger partial charge in [0.1, 0.15) is 17.5 Å². The van der Waals surface area contributed by atoms with Crippen molar-refractivity contribution in [2.24, 2.45) is 4.99 Å². The van der Waals surface area contributed by atoms with E-state index >= 15 is 0 Å². The number of benzene rings is 1. The zero-order valence-electron chi connectivity index (χ0n) is 16.8. The Hall–Kier alpha value is -1.97. The quantitative estimate of drug-likeness (QED) is 0.363. The van der Waals surface area contributed by atoms with Crippen LogP contribution in [0, 0.1) is 18.6 Å². The van der Waals surface area contributed by atoms with Gasteiger partial charge in [-0.15, -0.1) is 24.0 Å². The molecule has 5 nitrogen and oxygen atoms in total. The molecule has 2 N–H and O–H groups in total. The zero-order chi connectivity index (χ0) is 19.9. The highest BCUT2D eigenvalue weighted by atomic mass is 127. The number of hydrogen-bond donors (Lipinski definition) is 2. The van der Waals surface area contributed by atoms with Crippen molar-refractivity contribution >= 4 is 35.8 Å². The molecule has 0 atom stereocenters. The third kappa shape index (κ3) is 6.80. The van der Waals surface area contributed by atoms with Gasteiger partial charge in [0, 0.05) is 38.9 Å². The van der Waals surface area contributed by atoms with Crippen LogP contribution in [0.4, 0.5) is 14.6 Å². The predicted octanol–water partition coefficient (Wildman–Crippen LogP) is 3.66. The monoisotopic (exact) mass is 515 g/mol. The van der Waals surface area contributed by atoms with Gasteiger partial charge in [0.2, 0.25) is 0 Å². The lowest BCUT2D eigenvalue weighted by Gasteiger charge is -2.33. The van der Waals surface area contributed by atoms with E-state index in [4.69, 9.17) is 0 Å². The van der Waals surface area contributed by atoms with Crippen molar-refractivity contribution in [2.75, 3.05) is 31.6 Å². The molecule has 3 rings (SSSR count). The van der Waals surface area contributed by atoms with Crippen LogP contribution >= 0.6 is 24.0 Å². The lowest BCUT2D eigenvalue weighted by molar-refractivity contribution is 0.459. The van der Waals surface area contributed by atoms with Gasteiger partial charge < -0.3 is 15.5 Å². The van der Waals surface area contributed by atoms with Gasteiger partial charge in [-0.3, -0.25) is 4.99 Å². The maximum atomic E-state index is 13.7. The highest BCUT2D eigenvalue weighted by molar-refractivity contribution is 14.0. The van der Waals surface area contributed by atoms with E-state index in [9.17, 15) is 8.78 Å². The molecular formula is C21H28F2IN5. The summed E-state index contributed by atoms with van der Waals surface area (Å²) in [5.74, 6) is 0.893. The molecule has 0 aliphatic carbocycles. The lowest BCUT2D eigenvalue weighted by Crippen LogP contribution is -2.49. The molecule has 1 saturated heterocycles. The van der Waals surface area contributed by atoms with Crippen molar-refractivity contribution < 1.29 is 8.78 Å². The van der Waals surface area contributed by atoms with Crippen molar-refractivity contribution in [1.29, 1.82) is 0 Å². The van der Waals surface area contributed by atoms with Gasteiger partial charge in [0.25, 0.3) is 0 Å². The third-order valence-electron chi connectivity index (χ3n) is 4.97. The summed E-state index contributed by atoms with van der Waals surface area (Å²) in [5, 5.41) is 6.61. The standard InChI is InChI=1S/C21H27F2N5.HI/c1-15-3-6-20(26-14-15)28-11-8-18(9-12-28)27-21(24-2)25-10-7-16-13-17(22)4-5-19(16)23;/h3-6,13-14,18H,7-12H2,1-2H3,(H2,24,25,27);1H. The van der Waals surface area contributed by atoms with Gasteiger partial charge in [-0.05, 0) is 61.6 Å². The van der Waals surface area contributed by atoms with E-state index < -0.39 is 5.82 Å². The fraction of sp³-hybridized carbons (Fsp3) is 0.429. The van der Waals surface area contributed by atoms with Crippen molar-refractivity contribution in [2.45, 2.75) is 32.2 Å². The van der Waals surface area contributed by atoms with Crippen LogP contribution in [0.25, 0.3) is 0 Å². The number of halogens is 3. The molecule has 2 heterocycles. The minimum Gasteiger partial charge on any atom is -0.356 e. The Morgan fingerprint density at radius 2 is 1.97 bits per heavy atom. The number of pyridine rings is 1. The van der Waals surface area contributed by atoms with Gasteiger partial charge >= 0.3 is 0 Å². The van der Waals surface area contributed by atoms with Gasteiger partial charge in [-0.25, -0.2) is 13.8 Å². The van der Waals surface area contributed by atoms with E-state index in [2.05, 4.69) is 37.6 Å². The summed E-state index contributed by atoms with van der Waals surface area (Å²) in [6.07, 6.45) is 4.25. The number of nitrogens with zero attached hydrogens (tertiary/aromatic N) is 3. The Morgan fingerprint density at radius 3 is 2.62 bits per heavy atom. The van der Waals surface area contributed by atoms with Crippen LogP contribution in [-0.4, -0.2) is 43.7 Å². The van der Waals surface area contributed by atoms with Gasteiger partial charge in [-0.2, -0.15) is 0 Å². The number of aromatic nitrogens is 1. The highest BCUT2D eigenvalue weighted by Gasteiger charge is 2.20. The summed E-state index contributed by atoms with van der Waals surface area (Å²) in [6.45, 7) is 4.37. The van der Waals surface area contributed by atoms with Crippen LogP contribution in [0.1, 0.15) is 24.0 Å². The molecule has 29 heavy (non-hydrogen) atoms. The second-order valence-electron chi connectivity index (χ2n) is 7.08. The fourth-order valence-corrected chi connectivity index (χ4v) is 3.34.